The molecule has 20 heavy (non-hydrogen) atoms. The Bertz CT molecular complexity index is 316. The van der Waals surface area contributed by atoms with Gasteiger partial charge in [-0.05, 0) is 57.5 Å². The number of aliphatic carboxylic acids is 1. The van der Waals surface area contributed by atoms with E-state index in [2.05, 4.69) is 11.8 Å². The molecule has 4 heteroatoms. The molecule has 0 atom stereocenters. The van der Waals surface area contributed by atoms with Crippen LogP contribution in [0, 0.1) is 11.8 Å². The number of nitrogens with zero attached hydrogens (tertiary/aromatic N) is 1. The summed E-state index contributed by atoms with van der Waals surface area (Å²) in [6, 6.07) is 0. The topological polar surface area (TPSA) is 60.8 Å². The maximum absolute atomic E-state index is 11.0. The first-order valence-electron chi connectivity index (χ1n) is 8.20. The molecule has 0 aromatic heterocycles. The molecule has 116 valence electrons. The highest BCUT2D eigenvalue weighted by Crippen LogP contribution is 2.34. The van der Waals surface area contributed by atoms with E-state index in [1.165, 1.54) is 25.7 Å². The van der Waals surface area contributed by atoms with Crippen LogP contribution in [0.2, 0.25) is 0 Å². The number of piperidine rings is 1. The van der Waals surface area contributed by atoms with Crippen molar-refractivity contribution in [2.45, 2.75) is 63.9 Å². The molecule has 0 aromatic rings. The molecule has 2 fully saturated rings. The Labute approximate surface area is 122 Å². The Morgan fingerprint density at radius 1 is 1.20 bits per heavy atom. The molecule has 0 radical (unpaired) electrons. The molecule has 0 unspecified atom stereocenters. The lowest BCUT2D eigenvalue weighted by Gasteiger charge is -2.41. The van der Waals surface area contributed by atoms with Gasteiger partial charge in [-0.25, -0.2) is 0 Å². The van der Waals surface area contributed by atoms with Gasteiger partial charge in [0.1, 0.15) is 0 Å². The van der Waals surface area contributed by atoms with Crippen LogP contribution in [0.3, 0.4) is 0 Å². The van der Waals surface area contributed by atoms with Crippen molar-refractivity contribution in [1.29, 1.82) is 0 Å². The monoisotopic (exact) mass is 283 g/mol. The van der Waals surface area contributed by atoms with E-state index in [1.807, 2.05) is 0 Å². The van der Waals surface area contributed by atoms with Crippen molar-refractivity contribution in [1.82, 2.24) is 4.90 Å². The summed E-state index contributed by atoms with van der Waals surface area (Å²) in [6.45, 7) is 5.17. The average molecular weight is 283 g/mol. The number of likely N-dealkylation sites (tertiary alicyclic amines) is 1. The van der Waals surface area contributed by atoms with E-state index in [0.29, 0.717) is 25.7 Å². The smallest absolute Gasteiger partial charge is 0.306 e. The Hall–Kier alpha value is -0.610. The van der Waals surface area contributed by atoms with E-state index in [9.17, 15) is 9.90 Å². The van der Waals surface area contributed by atoms with Crippen LogP contribution in [-0.2, 0) is 4.79 Å². The summed E-state index contributed by atoms with van der Waals surface area (Å²) in [5.74, 6) is -0.0772. The molecule has 0 bridgehead atoms. The third-order valence-electron chi connectivity index (χ3n) is 5.19. The van der Waals surface area contributed by atoms with Crippen molar-refractivity contribution >= 4 is 5.97 Å². The van der Waals surface area contributed by atoms with Crippen molar-refractivity contribution in [3.63, 3.8) is 0 Å². The van der Waals surface area contributed by atoms with E-state index in [0.717, 1.165) is 25.6 Å². The van der Waals surface area contributed by atoms with Gasteiger partial charge >= 0.3 is 5.97 Å². The van der Waals surface area contributed by atoms with Crippen molar-refractivity contribution in [2.75, 3.05) is 19.6 Å². The van der Waals surface area contributed by atoms with Crippen molar-refractivity contribution in [3.8, 4) is 0 Å². The third kappa shape index (κ3) is 4.19. The number of carboxylic acids is 1. The highest BCUT2D eigenvalue weighted by molar-refractivity contribution is 5.70. The Morgan fingerprint density at radius 2 is 1.80 bits per heavy atom. The van der Waals surface area contributed by atoms with Gasteiger partial charge in [0.05, 0.1) is 11.5 Å². The molecular formula is C16H29NO3. The van der Waals surface area contributed by atoms with Crippen LogP contribution in [0.4, 0.5) is 0 Å². The van der Waals surface area contributed by atoms with Crippen LogP contribution in [0.5, 0.6) is 0 Å². The van der Waals surface area contributed by atoms with Gasteiger partial charge in [-0.2, -0.15) is 0 Å². The molecule has 0 amide bonds. The maximum atomic E-state index is 11.0. The van der Waals surface area contributed by atoms with Crippen LogP contribution in [0.1, 0.15) is 58.3 Å². The zero-order valence-electron chi connectivity index (χ0n) is 12.7. The summed E-state index contributed by atoms with van der Waals surface area (Å²) in [4.78, 5) is 13.3. The quantitative estimate of drug-likeness (QED) is 0.814. The van der Waals surface area contributed by atoms with Gasteiger partial charge in [0.15, 0.2) is 0 Å². The van der Waals surface area contributed by atoms with E-state index < -0.39 is 11.6 Å². The number of aliphatic hydroxyl groups is 1. The van der Waals surface area contributed by atoms with Crippen LogP contribution < -0.4 is 0 Å². The summed E-state index contributed by atoms with van der Waals surface area (Å²) >= 11 is 0. The fraction of sp³-hybridized carbons (Fsp3) is 0.938. The van der Waals surface area contributed by atoms with Crippen LogP contribution in [0.25, 0.3) is 0 Å². The van der Waals surface area contributed by atoms with Crippen molar-refractivity contribution in [3.05, 3.63) is 0 Å². The summed E-state index contributed by atoms with van der Waals surface area (Å²) in [5, 5.41) is 19.7. The first-order valence-corrected chi connectivity index (χ1v) is 8.20. The van der Waals surface area contributed by atoms with Gasteiger partial charge in [-0.15, -0.1) is 0 Å². The Kier molecular flexibility index (Phi) is 5.44. The largest absolute Gasteiger partial charge is 0.481 e. The van der Waals surface area contributed by atoms with Crippen LogP contribution in [-0.4, -0.2) is 46.3 Å². The molecule has 1 heterocycles. The van der Waals surface area contributed by atoms with Gasteiger partial charge in [-0.1, -0.05) is 19.8 Å². The second-order valence-electron chi connectivity index (χ2n) is 6.85. The standard InChI is InChI=1S/C16H29NO3/c1-2-3-13-6-10-17(11-7-13)12-16(20)8-4-14(5-9-16)15(18)19/h13-14,20H,2-12H2,1H3,(H,18,19). The summed E-state index contributed by atoms with van der Waals surface area (Å²) in [7, 11) is 0. The zero-order valence-corrected chi connectivity index (χ0v) is 12.7. The number of rotatable bonds is 5. The molecule has 2 N–H and O–H groups in total. The van der Waals surface area contributed by atoms with Gasteiger partial charge in [0.25, 0.3) is 0 Å². The molecular weight excluding hydrogens is 254 g/mol. The third-order valence-corrected chi connectivity index (χ3v) is 5.19. The molecule has 2 rings (SSSR count). The van der Waals surface area contributed by atoms with E-state index >= 15 is 0 Å². The predicted molar refractivity (Wildman–Crippen MR) is 78.6 cm³/mol. The average Bonchev–Trinajstić information content (AvgIpc) is 2.41. The van der Waals surface area contributed by atoms with E-state index in [4.69, 9.17) is 5.11 Å². The SMILES string of the molecule is CCCC1CCN(CC2(O)CCC(C(=O)O)CC2)CC1. The molecule has 1 aliphatic carbocycles. The Morgan fingerprint density at radius 3 is 2.30 bits per heavy atom. The predicted octanol–water partition coefficient (Wildman–Crippen LogP) is 2.50. The lowest BCUT2D eigenvalue weighted by Crippen LogP contribution is -2.48. The summed E-state index contributed by atoms with van der Waals surface area (Å²) < 4.78 is 0. The van der Waals surface area contributed by atoms with Crippen molar-refractivity contribution < 1.29 is 15.0 Å². The maximum Gasteiger partial charge on any atom is 0.306 e. The minimum absolute atomic E-state index is 0.245. The first kappa shape index (κ1) is 15.8. The van der Waals surface area contributed by atoms with Gasteiger partial charge < -0.3 is 15.1 Å². The molecule has 2 aliphatic rings. The fourth-order valence-corrected chi connectivity index (χ4v) is 3.82. The van der Waals surface area contributed by atoms with Crippen LogP contribution >= 0.6 is 0 Å². The lowest BCUT2D eigenvalue weighted by molar-refractivity contribution is -0.145. The normalized spacial score (nSPS) is 33.2. The number of β-amino-alcohol motifs (C(OH)–C–C–N with tert-alkyl or cyclic N) is 1. The minimum atomic E-state index is -0.701. The van der Waals surface area contributed by atoms with Gasteiger partial charge in [0.2, 0.25) is 0 Å². The van der Waals surface area contributed by atoms with E-state index in [1.54, 1.807) is 0 Å². The second-order valence-corrected chi connectivity index (χ2v) is 6.85. The molecule has 1 aliphatic heterocycles. The lowest BCUT2D eigenvalue weighted by atomic mass is 9.78. The van der Waals surface area contributed by atoms with Gasteiger partial charge in [0, 0.05) is 6.54 Å². The van der Waals surface area contributed by atoms with Crippen LogP contribution in [0.15, 0.2) is 0 Å². The number of carboxylic acid groups (broad SMARTS) is 1. The number of hydrogen-bond acceptors (Lipinski definition) is 3. The molecule has 1 saturated carbocycles. The van der Waals surface area contributed by atoms with E-state index in [-0.39, 0.29) is 5.92 Å². The second kappa shape index (κ2) is 6.90. The fourth-order valence-electron chi connectivity index (χ4n) is 3.82. The highest BCUT2D eigenvalue weighted by Gasteiger charge is 2.37. The molecule has 1 saturated heterocycles. The Balaban J connectivity index is 1.75. The number of hydrogen-bond donors (Lipinski definition) is 2. The first-order chi connectivity index (χ1) is 9.52. The van der Waals surface area contributed by atoms with Gasteiger partial charge in [-0.3, -0.25) is 4.79 Å². The summed E-state index contributed by atoms with van der Waals surface area (Å²) in [6.07, 6.45) is 7.63. The summed E-state index contributed by atoms with van der Waals surface area (Å²) in [5.41, 5.74) is -0.649. The number of carbonyl (C=O) groups is 1. The van der Waals surface area contributed by atoms with Crippen molar-refractivity contribution in [2.24, 2.45) is 11.8 Å². The minimum Gasteiger partial charge on any atom is -0.481 e. The molecule has 4 nitrogen and oxygen atoms in total. The molecule has 0 aromatic carbocycles. The highest BCUT2D eigenvalue weighted by atomic mass is 16.4. The molecule has 0 spiro atoms. The zero-order chi connectivity index (χ0) is 14.6.